The highest BCUT2D eigenvalue weighted by molar-refractivity contribution is 6.30. The number of benzene rings is 1. The van der Waals surface area contributed by atoms with Gasteiger partial charge in [0.05, 0.1) is 12.1 Å². The summed E-state index contributed by atoms with van der Waals surface area (Å²) in [5.74, 6) is 1.37. The molecule has 1 aliphatic heterocycles. The lowest BCUT2D eigenvalue weighted by atomic mass is 9.83. The van der Waals surface area contributed by atoms with E-state index in [1.54, 1.807) is 12.1 Å². The second-order valence-electron chi connectivity index (χ2n) is 5.92. The van der Waals surface area contributed by atoms with Gasteiger partial charge in [0.1, 0.15) is 0 Å². The minimum Gasteiger partial charge on any atom is -0.387 e. The SMILES string of the molecule is CC(C)C1(O)CN(Cc2nc(-c3ccc(Cl)cc3)no2)C1. The van der Waals surface area contributed by atoms with Crippen molar-refractivity contribution in [3.8, 4) is 11.4 Å². The molecule has 21 heavy (non-hydrogen) atoms. The summed E-state index contributed by atoms with van der Waals surface area (Å²) < 4.78 is 5.27. The van der Waals surface area contributed by atoms with Crippen LogP contribution in [0.25, 0.3) is 11.4 Å². The molecule has 0 unspecified atom stereocenters. The molecular weight excluding hydrogens is 290 g/mol. The number of halogens is 1. The minimum atomic E-state index is -0.584. The molecule has 2 aromatic rings. The van der Waals surface area contributed by atoms with Crippen LogP contribution < -0.4 is 0 Å². The number of rotatable bonds is 4. The molecule has 0 spiro atoms. The Morgan fingerprint density at radius 2 is 2.00 bits per heavy atom. The van der Waals surface area contributed by atoms with Gasteiger partial charge in [0.2, 0.25) is 11.7 Å². The van der Waals surface area contributed by atoms with Crippen LogP contribution in [0.3, 0.4) is 0 Å². The maximum Gasteiger partial charge on any atom is 0.241 e. The van der Waals surface area contributed by atoms with E-state index in [1.807, 2.05) is 26.0 Å². The molecule has 1 aromatic heterocycles. The number of aliphatic hydroxyl groups is 1. The molecule has 5 nitrogen and oxygen atoms in total. The zero-order valence-corrected chi connectivity index (χ0v) is 12.8. The van der Waals surface area contributed by atoms with E-state index in [2.05, 4.69) is 15.0 Å². The molecule has 2 heterocycles. The Morgan fingerprint density at radius 1 is 1.33 bits per heavy atom. The van der Waals surface area contributed by atoms with E-state index < -0.39 is 5.60 Å². The molecule has 0 bridgehead atoms. The second kappa shape index (κ2) is 5.40. The van der Waals surface area contributed by atoms with Gasteiger partial charge in [-0.25, -0.2) is 0 Å². The van der Waals surface area contributed by atoms with Crippen LogP contribution in [0.5, 0.6) is 0 Å². The van der Waals surface area contributed by atoms with Gasteiger partial charge in [-0.3, -0.25) is 4.90 Å². The predicted octanol–water partition coefficient (Wildman–Crippen LogP) is 2.59. The average molecular weight is 308 g/mol. The predicted molar refractivity (Wildman–Crippen MR) is 79.8 cm³/mol. The summed E-state index contributed by atoms with van der Waals surface area (Å²) in [7, 11) is 0. The third-order valence-corrected chi connectivity index (χ3v) is 4.25. The quantitative estimate of drug-likeness (QED) is 0.940. The summed E-state index contributed by atoms with van der Waals surface area (Å²) in [5.41, 5.74) is 0.288. The van der Waals surface area contributed by atoms with Crippen molar-refractivity contribution in [1.29, 1.82) is 0 Å². The molecule has 6 heteroatoms. The Kier molecular flexibility index (Phi) is 3.73. The summed E-state index contributed by atoms with van der Waals surface area (Å²) >= 11 is 5.86. The summed E-state index contributed by atoms with van der Waals surface area (Å²) in [4.78, 5) is 6.48. The van der Waals surface area contributed by atoms with E-state index in [0.717, 1.165) is 5.56 Å². The molecule has 3 rings (SSSR count). The van der Waals surface area contributed by atoms with Crippen molar-refractivity contribution >= 4 is 11.6 Å². The summed E-state index contributed by atoms with van der Waals surface area (Å²) in [6.45, 7) is 5.91. The van der Waals surface area contributed by atoms with Crippen LogP contribution in [0.4, 0.5) is 0 Å². The topological polar surface area (TPSA) is 62.4 Å². The van der Waals surface area contributed by atoms with E-state index in [9.17, 15) is 5.11 Å². The molecule has 1 saturated heterocycles. The van der Waals surface area contributed by atoms with Crippen LogP contribution in [0.15, 0.2) is 28.8 Å². The number of likely N-dealkylation sites (tertiary alicyclic amines) is 1. The van der Waals surface area contributed by atoms with E-state index >= 15 is 0 Å². The van der Waals surface area contributed by atoms with Gasteiger partial charge in [-0.2, -0.15) is 4.98 Å². The van der Waals surface area contributed by atoms with Crippen LogP contribution in [-0.2, 0) is 6.54 Å². The molecule has 1 aromatic carbocycles. The molecule has 0 radical (unpaired) electrons. The number of hydrogen-bond acceptors (Lipinski definition) is 5. The standard InChI is InChI=1S/C15H18ClN3O2/c1-10(2)15(20)8-19(9-15)7-13-17-14(18-21-13)11-3-5-12(16)6-4-11/h3-6,10,20H,7-9H2,1-2H3. The third-order valence-electron chi connectivity index (χ3n) is 4.00. The molecule has 0 amide bonds. The van der Waals surface area contributed by atoms with Crippen LogP contribution >= 0.6 is 11.6 Å². The smallest absolute Gasteiger partial charge is 0.241 e. The van der Waals surface area contributed by atoms with Crippen LogP contribution in [0.2, 0.25) is 5.02 Å². The first-order chi connectivity index (χ1) is 9.96. The molecule has 1 fully saturated rings. The summed E-state index contributed by atoms with van der Waals surface area (Å²) in [5, 5.41) is 14.9. The lowest BCUT2D eigenvalue weighted by Gasteiger charge is -2.48. The van der Waals surface area contributed by atoms with Gasteiger partial charge >= 0.3 is 0 Å². The first-order valence-electron chi connectivity index (χ1n) is 6.99. The van der Waals surface area contributed by atoms with Crippen LogP contribution in [0, 0.1) is 5.92 Å². The molecule has 0 atom stereocenters. The van der Waals surface area contributed by atoms with Gasteiger partial charge in [0.15, 0.2) is 0 Å². The van der Waals surface area contributed by atoms with Crippen molar-refractivity contribution in [2.75, 3.05) is 13.1 Å². The highest BCUT2D eigenvalue weighted by Gasteiger charge is 2.43. The van der Waals surface area contributed by atoms with Crippen molar-refractivity contribution in [1.82, 2.24) is 15.0 Å². The Labute approximate surface area is 128 Å². The number of β-amino-alcohol motifs (C(OH)–C–C–N with tert-alkyl or cyclic N) is 1. The Bertz CT molecular complexity index is 618. The number of aromatic nitrogens is 2. The maximum absolute atomic E-state index is 10.2. The summed E-state index contributed by atoms with van der Waals surface area (Å²) in [6, 6.07) is 7.31. The van der Waals surface area contributed by atoms with Gasteiger partial charge in [0, 0.05) is 23.7 Å². The van der Waals surface area contributed by atoms with Crippen molar-refractivity contribution in [3.63, 3.8) is 0 Å². The maximum atomic E-state index is 10.2. The first-order valence-corrected chi connectivity index (χ1v) is 7.37. The Balaban J connectivity index is 1.63. The number of nitrogens with zero attached hydrogens (tertiary/aromatic N) is 3. The molecule has 1 aliphatic rings. The van der Waals surface area contributed by atoms with Crippen molar-refractivity contribution in [2.24, 2.45) is 5.92 Å². The fraction of sp³-hybridized carbons (Fsp3) is 0.467. The molecule has 0 saturated carbocycles. The molecule has 0 aliphatic carbocycles. The zero-order chi connectivity index (χ0) is 15.0. The highest BCUT2D eigenvalue weighted by Crippen LogP contribution is 2.29. The fourth-order valence-electron chi connectivity index (χ4n) is 2.43. The lowest BCUT2D eigenvalue weighted by molar-refractivity contribution is -0.133. The Hall–Kier alpha value is -1.43. The van der Waals surface area contributed by atoms with Gasteiger partial charge < -0.3 is 9.63 Å². The normalized spacial score (nSPS) is 18.0. The third kappa shape index (κ3) is 2.95. The van der Waals surface area contributed by atoms with Crippen molar-refractivity contribution < 1.29 is 9.63 Å². The van der Waals surface area contributed by atoms with Crippen molar-refractivity contribution in [3.05, 3.63) is 35.2 Å². The lowest BCUT2D eigenvalue weighted by Crippen LogP contribution is -2.63. The van der Waals surface area contributed by atoms with E-state index in [4.69, 9.17) is 16.1 Å². The van der Waals surface area contributed by atoms with E-state index in [-0.39, 0.29) is 5.92 Å². The molecule has 1 N–H and O–H groups in total. The van der Waals surface area contributed by atoms with Crippen LogP contribution in [0.1, 0.15) is 19.7 Å². The van der Waals surface area contributed by atoms with Crippen LogP contribution in [-0.4, -0.2) is 38.8 Å². The van der Waals surface area contributed by atoms with E-state index in [1.165, 1.54) is 0 Å². The fourth-order valence-corrected chi connectivity index (χ4v) is 2.56. The molecule has 112 valence electrons. The minimum absolute atomic E-state index is 0.251. The second-order valence-corrected chi connectivity index (χ2v) is 6.36. The first kappa shape index (κ1) is 14.5. The average Bonchev–Trinajstić information content (AvgIpc) is 2.86. The molecular formula is C15H18ClN3O2. The van der Waals surface area contributed by atoms with Gasteiger partial charge in [-0.1, -0.05) is 30.6 Å². The largest absolute Gasteiger partial charge is 0.387 e. The Morgan fingerprint density at radius 3 is 2.62 bits per heavy atom. The zero-order valence-electron chi connectivity index (χ0n) is 12.1. The van der Waals surface area contributed by atoms with Gasteiger partial charge in [-0.15, -0.1) is 0 Å². The van der Waals surface area contributed by atoms with Gasteiger partial charge in [-0.05, 0) is 30.2 Å². The number of hydrogen-bond donors (Lipinski definition) is 1. The van der Waals surface area contributed by atoms with Crippen molar-refractivity contribution in [2.45, 2.75) is 26.0 Å². The monoisotopic (exact) mass is 307 g/mol. The highest BCUT2D eigenvalue weighted by atomic mass is 35.5. The van der Waals surface area contributed by atoms with Gasteiger partial charge in [0.25, 0.3) is 0 Å². The van der Waals surface area contributed by atoms with E-state index in [0.29, 0.717) is 36.4 Å². The summed E-state index contributed by atoms with van der Waals surface area (Å²) in [6.07, 6.45) is 0.